The van der Waals surface area contributed by atoms with Gasteiger partial charge < -0.3 is 29.9 Å². The maximum atomic E-state index is 12.7. The molecule has 2 fully saturated rings. The van der Waals surface area contributed by atoms with Crippen molar-refractivity contribution in [1.82, 2.24) is 10.2 Å². The third-order valence-electron chi connectivity index (χ3n) is 6.92. The number of aliphatic hydroxyl groups is 1. The minimum atomic E-state index is -1.90. The summed E-state index contributed by atoms with van der Waals surface area (Å²) in [5.41, 5.74) is 2.66. The van der Waals surface area contributed by atoms with Crippen LogP contribution in [-0.2, 0) is 19.1 Å². The number of carbonyl (C=O) groups excluding carboxylic acids is 2. The van der Waals surface area contributed by atoms with Gasteiger partial charge in [0.25, 0.3) is 5.91 Å². The molecule has 34 heavy (non-hydrogen) atoms. The van der Waals surface area contributed by atoms with E-state index in [4.69, 9.17) is 14.6 Å². The lowest BCUT2D eigenvalue weighted by molar-refractivity contribution is -0.185. The number of nitrogens with zero attached hydrogens (tertiary/aromatic N) is 1. The largest absolute Gasteiger partial charge is 0.479 e. The lowest BCUT2D eigenvalue weighted by Gasteiger charge is -2.44. The molecule has 0 bridgehead atoms. The second kappa shape index (κ2) is 8.73. The molecule has 2 heterocycles. The fourth-order valence-electron chi connectivity index (χ4n) is 5.04. The van der Waals surface area contributed by atoms with E-state index in [0.29, 0.717) is 13.0 Å². The smallest absolute Gasteiger partial charge is 0.407 e. The molecule has 3 N–H and O–H groups in total. The summed E-state index contributed by atoms with van der Waals surface area (Å²) in [7, 11) is 0. The molecule has 178 valence electrons. The Morgan fingerprint density at radius 3 is 2.29 bits per heavy atom. The van der Waals surface area contributed by atoms with Crippen LogP contribution >= 0.6 is 0 Å². The van der Waals surface area contributed by atoms with Gasteiger partial charge in [-0.3, -0.25) is 4.79 Å². The Kier molecular flexibility index (Phi) is 5.75. The van der Waals surface area contributed by atoms with E-state index in [0.717, 1.165) is 22.3 Å². The molecule has 9 nitrogen and oxygen atoms in total. The molecule has 2 unspecified atom stereocenters. The van der Waals surface area contributed by atoms with Crippen LogP contribution in [0, 0.1) is 5.92 Å². The maximum absolute atomic E-state index is 12.7. The normalized spacial score (nSPS) is 22.4. The van der Waals surface area contributed by atoms with E-state index in [-0.39, 0.29) is 44.0 Å². The number of rotatable bonds is 6. The first kappa shape index (κ1) is 22.4. The maximum Gasteiger partial charge on any atom is 0.407 e. The van der Waals surface area contributed by atoms with Gasteiger partial charge in [-0.25, -0.2) is 9.59 Å². The summed E-state index contributed by atoms with van der Waals surface area (Å²) < 4.78 is 11.1. The van der Waals surface area contributed by atoms with Crippen LogP contribution in [0.3, 0.4) is 0 Å². The van der Waals surface area contributed by atoms with Gasteiger partial charge in [0.2, 0.25) is 0 Å². The van der Waals surface area contributed by atoms with Gasteiger partial charge in [-0.15, -0.1) is 0 Å². The first-order valence-electron chi connectivity index (χ1n) is 11.3. The molecule has 9 heteroatoms. The van der Waals surface area contributed by atoms with Crippen LogP contribution in [0.25, 0.3) is 11.1 Å². The van der Waals surface area contributed by atoms with Crippen LogP contribution in [-0.4, -0.2) is 77.6 Å². The highest BCUT2D eigenvalue weighted by Crippen LogP contribution is 2.44. The van der Waals surface area contributed by atoms with E-state index in [9.17, 15) is 19.5 Å². The van der Waals surface area contributed by atoms with E-state index in [1.807, 2.05) is 24.3 Å². The van der Waals surface area contributed by atoms with Gasteiger partial charge >= 0.3 is 12.1 Å². The average Bonchev–Trinajstić information content (AvgIpc) is 3.41. The van der Waals surface area contributed by atoms with Gasteiger partial charge in [-0.05, 0) is 28.7 Å². The summed E-state index contributed by atoms with van der Waals surface area (Å²) in [5, 5.41) is 21.6. The molecular formula is C25H26N2O7. The van der Waals surface area contributed by atoms with Gasteiger partial charge in [-0.2, -0.15) is 0 Å². The molecule has 0 spiro atoms. The lowest BCUT2D eigenvalue weighted by Crippen LogP contribution is -2.69. The van der Waals surface area contributed by atoms with Crippen LogP contribution in [0.15, 0.2) is 48.5 Å². The van der Waals surface area contributed by atoms with Gasteiger partial charge in [0, 0.05) is 25.0 Å². The van der Waals surface area contributed by atoms with Crippen molar-refractivity contribution in [2.75, 3.05) is 32.8 Å². The minimum absolute atomic E-state index is 0.0401. The number of carboxylic acid groups (broad SMARTS) is 1. The van der Waals surface area contributed by atoms with Gasteiger partial charge in [0.15, 0.2) is 5.60 Å². The number of likely N-dealkylation sites (tertiary alicyclic amines) is 1. The number of fused-ring (bicyclic) bond motifs is 3. The summed E-state index contributed by atoms with van der Waals surface area (Å²) >= 11 is 0. The first-order valence-corrected chi connectivity index (χ1v) is 11.3. The first-order chi connectivity index (χ1) is 16.4. The zero-order valence-corrected chi connectivity index (χ0v) is 18.5. The van der Waals surface area contributed by atoms with Gasteiger partial charge in [-0.1, -0.05) is 48.5 Å². The van der Waals surface area contributed by atoms with Crippen molar-refractivity contribution in [2.24, 2.45) is 5.92 Å². The zero-order chi connectivity index (χ0) is 23.9. The van der Waals surface area contributed by atoms with Crippen LogP contribution in [0.5, 0.6) is 0 Å². The molecule has 0 aromatic heterocycles. The predicted molar refractivity (Wildman–Crippen MR) is 120 cm³/mol. The molecule has 3 aliphatic rings. The number of carbonyl (C=O) groups is 3. The molecular weight excluding hydrogens is 440 g/mol. The summed E-state index contributed by atoms with van der Waals surface area (Å²) in [6.45, 7) is 0.223. The SMILES string of the molecule is O=C(NCC1CCOC1C(=O)N1CC(O)(C(=O)O)C1)OCC1c2ccccc2-c2ccccc21. The Hall–Kier alpha value is -3.43. The Balaban J connectivity index is 1.14. The average molecular weight is 466 g/mol. The van der Waals surface area contributed by atoms with Crippen LogP contribution in [0.1, 0.15) is 23.5 Å². The van der Waals surface area contributed by atoms with Crippen LogP contribution < -0.4 is 5.32 Å². The van der Waals surface area contributed by atoms with Gasteiger partial charge in [0.05, 0.1) is 13.1 Å². The van der Waals surface area contributed by atoms with Crippen molar-refractivity contribution in [3.8, 4) is 11.1 Å². The molecule has 2 aromatic rings. The van der Waals surface area contributed by atoms with E-state index in [1.165, 1.54) is 4.90 Å². The highest BCUT2D eigenvalue weighted by molar-refractivity contribution is 5.87. The number of aliphatic carboxylic acids is 1. The highest BCUT2D eigenvalue weighted by Gasteiger charge is 2.52. The van der Waals surface area contributed by atoms with Crippen molar-refractivity contribution in [3.05, 3.63) is 59.7 Å². The molecule has 1 aliphatic carbocycles. The Bertz CT molecular complexity index is 1080. The number of carboxylic acids is 1. The summed E-state index contributed by atoms with van der Waals surface area (Å²) in [6.07, 6.45) is -0.770. The Morgan fingerprint density at radius 2 is 1.68 bits per heavy atom. The number of nitrogens with one attached hydrogen (secondary N) is 1. The Morgan fingerprint density at radius 1 is 1.06 bits per heavy atom. The quantitative estimate of drug-likeness (QED) is 0.590. The Labute approximate surface area is 196 Å². The van der Waals surface area contributed by atoms with Crippen LogP contribution in [0.2, 0.25) is 0 Å². The van der Waals surface area contributed by atoms with E-state index in [2.05, 4.69) is 29.6 Å². The van der Waals surface area contributed by atoms with E-state index in [1.54, 1.807) is 0 Å². The fourth-order valence-corrected chi connectivity index (χ4v) is 5.04. The third kappa shape index (κ3) is 3.91. The second-order valence-corrected chi connectivity index (χ2v) is 9.08. The third-order valence-corrected chi connectivity index (χ3v) is 6.92. The number of alkyl carbamates (subject to hydrolysis) is 1. The molecule has 2 saturated heterocycles. The fraction of sp³-hybridized carbons (Fsp3) is 0.400. The topological polar surface area (TPSA) is 125 Å². The number of hydrogen-bond acceptors (Lipinski definition) is 6. The highest BCUT2D eigenvalue weighted by atomic mass is 16.5. The second-order valence-electron chi connectivity index (χ2n) is 9.08. The number of hydrogen-bond donors (Lipinski definition) is 3. The summed E-state index contributed by atoms with van der Waals surface area (Å²) in [5.74, 6) is -2.02. The number of benzene rings is 2. The number of β-amino-alcohol motifs (C(OH)–C–C–N with tert-alkyl or cyclic N) is 1. The molecule has 2 aromatic carbocycles. The molecule has 0 saturated carbocycles. The standard InChI is InChI=1S/C25H26N2O7/c28-22(27-13-25(32,14-27)23(29)30)21-15(9-10-33-21)11-26-24(31)34-12-20-18-7-3-1-5-16(18)17-6-2-4-8-19(17)20/h1-8,15,20-21,32H,9-14H2,(H,26,31)(H,29,30). The summed E-state index contributed by atoms with van der Waals surface area (Å²) in [4.78, 5) is 37.4. The number of amides is 2. The van der Waals surface area contributed by atoms with Gasteiger partial charge in [0.1, 0.15) is 12.7 Å². The minimum Gasteiger partial charge on any atom is -0.479 e. The van der Waals surface area contributed by atoms with Crippen molar-refractivity contribution < 1.29 is 34.1 Å². The number of ether oxygens (including phenoxy) is 2. The molecule has 0 radical (unpaired) electrons. The van der Waals surface area contributed by atoms with E-state index >= 15 is 0 Å². The monoisotopic (exact) mass is 466 g/mol. The molecule has 2 aliphatic heterocycles. The van der Waals surface area contributed by atoms with Crippen molar-refractivity contribution in [3.63, 3.8) is 0 Å². The summed E-state index contributed by atoms with van der Waals surface area (Å²) in [6, 6.07) is 16.2. The van der Waals surface area contributed by atoms with Crippen molar-refractivity contribution >= 4 is 18.0 Å². The zero-order valence-electron chi connectivity index (χ0n) is 18.5. The van der Waals surface area contributed by atoms with Crippen molar-refractivity contribution in [1.29, 1.82) is 0 Å². The van der Waals surface area contributed by atoms with Crippen molar-refractivity contribution in [2.45, 2.75) is 24.0 Å². The molecule has 5 rings (SSSR count). The van der Waals surface area contributed by atoms with Crippen LogP contribution in [0.4, 0.5) is 4.79 Å². The molecule has 2 amide bonds. The lowest BCUT2D eigenvalue weighted by atomic mass is 9.92. The van der Waals surface area contributed by atoms with E-state index < -0.39 is 23.8 Å². The molecule has 2 atom stereocenters. The predicted octanol–water partition coefficient (Wildman–Crippen LogP) is 1.59.